The number of hydrogen-bond acceptors (Lipinski definition) is 6. The van der Waals surface area contributed by atoms with E-state index in [2.05, 4.69) is 469 Å². The van der Waals surface area contributed by atoms with Crippen molar-refractivity contribution >= 4 is 262 Å². The summed E-state index contributed by atoms with van der Waals surface area (Å²) in [5, 5.41) is 51.3. The molecular formula is C136H76N10O4. The fourth-order valence-electron chi connectivity index (χ4n) is 26.7. The molecule has 12 aromatic heterocycles. The average molecular weight is 1910 g/mol. The minimum absolute atomic E-state index is 0.455. The molecule has 0 N–H and O–H groups in total. The normalized spacial score (nSPS) is 12.5. The molecule has 0 radical (unpaired) electrons. The fourth-order valence-corrected chi connectivity index (χ4v) is 26.7. The van der Waals surface area contributed by atoms with Crippen LogP contribution < -0.4 is 0 Å². The van der Waals surface area contributed by atoms with Crippen LogP contribution in [0.5, 0.6) is 0 Å². The number of rotatable bonds is 9. The highest BCUT2D eigenvalue weighted by Crippen LogP contribution is 2.56. The summed E-state index contributed by atoms with van der Waals surface area (Å²) in [5.74, 6) is 0. The molecule has 0 saturated heterocycles. The first-order chi connectivity index (χ1) is 74.2. The zero-order chi connectivity index (χ0) is 98.2. The van der Waals surface area contributed by atoms with Crippen molar-refractivity contribution in [3.05, 3.63) is 447 Å². The van der Waals surface area contributed by atoms with Crippen LogP contribution in [0.15, 0.2) is 442 Å². The summed E-state index contributed by atoms with van der Waals surface area (Å²) in [7, 11) is 0. The van der Waals surface area contributed by atoms with Crippen LogP contribution in [-0.2, 0) is 0 Å². The number of hydrogen-bond donors (Lipinski definition) is 0. The molecule has 0 aliphatic carbocycles. The van der Waals surface area contributed by atoms with Crippen molar-refractivity contribution in [2.75, 3.05) is 0 Å². The Hall–Kier alpha value is -20.6. The maximum absolute atomic E-state index is 13.6. The molecule has 0 spiro atoms. The van der Waals surface area contributed by atoms with Gasteiger partial charge in [0.1, 0.15) is 67.9 Å². The van der Waals surface area contributed by atoms with E-state index in [1.54, 1.807) is 0 Å². The predicted molar refractivity (Wildman–Crippen MR) is 615 cm³/mol. The molecule has 0 aliphatic rings. The Morgan fingerprint density at radius 2 is 0.380 bits per heavy atom. The van der Waals surface area contributed by atoms with E-state index in [9.17, 15) is 10.5 Å². The number of nitrogens with zero attached hydrogens (tertiary/aromatic N) is 10. The van der Waals surface area contributed by atoms with Crippen LogP contribution in [0.4, 0.5) is 0 Å². The van der Waals surface area contributed by atoms with E-state index < -0.39 is 0 Å². The molecule has 34 aromatic rings. The molecule has 0 amide bonds. The third-order valence-corrected chi connectivity index (χ3v) is 32.8. The van der Waals surface area contributed by atoms with Gasteiger partial charge in [-0.1, -0.05) is 267 Å². The van der Waals surface area contributed by atoms with Gasteiger partial charge < -0.3 is 54.2 Å². The van der Waals surface area contributed by atoms with E-state index in [0.29, 0.717) is 22.5 Å². The van der Waals surface area contributed by atoms with Crippen molar-refractivity contribution in [2.45, 2.75) is 13.8 Å². The van der Waals surface area contributed by atoms with Crippen molar-refractivity contribution in [3.8, 4) is 68.8 Å². The molecule has 22 aromatic carbocycles. The standard InChI is InChI=1S/C136H76N10O4/c1-75-127(143-112-54-26-12-44-94(112)125-115(143)65-61-92-88-40-13-29-57-121(88)149-135(92)125)131(139-103-45-17-3-31-79(103)80-32-4-18-46-104(80)139)101(73-137)132(140-105-47-19-5-33-81(105)82-34-6-20-48-106(82)140)128(75)144-114-64-60-78(68-100(114)126-116(144)66-62-93-89-41-14-30-58-122(89)150-136(93)126)77-59-63-113-95(67-77)97-72-124-99(91-43-16-28-56-120(91)148-124)70-118(97)146(113)130-76(2)129(145-111-53-25-11-39-87(111)96-71-123-98(69-117(96)145)90-42-15-27-55-119(90)147-123)133(141-107-49-21-7-35-83(107)84-36-8-22-50-108(84)141)102(74-138)134(130)142-109-51-23-9-37-85(109)86-38-10-24-52-110(86)142/h3-72H,1-2H3. The first-order valence-corrected chi connectivity index (χ1v) is 50.9. The SMILES string of the molecule is Cc1c(-n2c3ccccc3c3cc4oc5ccccc5c4cc32)c(-n2c3ccccc3c3ccccc32)c(C#N)c(-n2c3ccccc3c3ccccc32)c1-n1c2ccc(-c3ccc4c(c3)c3c5oc6ccccc6c5ccc3n4-c3c(C)c(-n4c5ccccc5c5c6oc7ccccc7c6ccc54)c(-n4c5ccccc5c5ccccc54)c(C#N)c3-n3c4ccccc4c4ccccc43)cc2c2cc3oc4ccccc4c3cc21. The number of nitriles is 2. The van der Waals surface area contributed by atoms with Crippen LogP contribution in [0.2, 0.25) is 0 Å². The van der Waals surface area contributed by atoms with Gasteiger partial charge in [-0.25, -0.2) is 0 Å². The Morgan fingerprint density at radius 1 is 0.160 bits per heavy atom. The minimum Gasteiger partial charge on any atom is -0.456 e. The molecule has 0 unspecified atom stereocenters. The molecule has 150 heavy (non-hydrogen) atoms. The lowest BCUT2D eigenvalue weighted by Gasteiger charge is -2.28. The van der Waals surface area contributed by atoms with Crippen LogP contribution >= 0.6 is 0 Å². The highest BCUT2D eigenvalue weighted by atomic mass is 16.3. The van der Waals surface area contributed by atoms with Crippen molar-refractivity contribution in [2.24, 2.45) is 0 Å². The largest absolute Gasteiger partial charge is 0.456 e. The van der Waals surface area contributed by atoms with Gasteiger partial charge >= 0.3 is 0 Å². The van der Waals surface area contributed by atoms with Crippen LogP contribution in [0.25, 0.3) is 319 Å². The third kappa shape index (κ3) is 10.5. The van der Waals surface area contributed by atoms with Gasteiger partial charge in [-0.3, -0.25) is 0 Å². The quantitative estimate of drug-likeness (QED) is 0.141. The molecule has 14 nitrogen and oxygen atoms in total. The van der Waals surface area contributed by atoms with Crippen molar-refractivity contribution in [1.82, 2.24) is 36.5 Å². The van der Waals surface area contributed by atoms with Crippen LogP contribution in [-0.4, -0.2) is 36.5 Å². The molecule has 694 valence electrons. The van der Waals surface area contributed by atoms with E-state index >= 15 is 0 Å². The molecule has 0 aliphatic heterocycles. The number of aromatic nitrogens is 8. The summed E-state index contributed by atoms with van der Waals surface area (Å²) in [4.78, 5) is 0. The Kier molecular flexibility index (Phi) is 16.0. The summed E-state index contributed by atoms with van der Waals surface area (Å²) >= 11 is 0. The molecule has 0 bridgehead atoms. The number of furan rings is 4. The lowest BCUT2D eigenvalue weighted by Crippen LogP contribution is -2.16. The van der Waals surface area contributed by atoms with Crippen LogP contribution in [0, 0.1) is 36.5 Å². The van der Waals surface area contributed by atoms with Crippen molar-refractivity contribution in [3.63, 3.8) is 0 Å². The third-order valence-electron chi connectivity index (χ3n) is 32.8. The second-order valence-electron chi connectivity index (χ2n) is 40.1. The number of benzene rings is 22. The number of para-hydroxylation sites is 14. The van der Waals surface area contributed by atoms with Crippen LogP contribution in [0.1, 0.15) is 22.3 Å². The minimum atomic E-state index is 0.455. The van der Waals surface area contributed by atoms with E-state index in [4.69, 9.17) is 17.7 Å². The second-order valence-corrected chi connectivity index (χ2v) is 40.1. The highest BCUT2D eigenvalue weighted by Gasteiger charge is 2.39. The second kappa shape index (κ2) is 29.6. The maximum atomic E-state index is 13.6. The topological polar surface area (TPSA) is 140 Å². The smallest absolute Gasteiger partial charge is 0.145 e. The summed E-state index contributed by atoms with van der Waals surface area (Å²) < 4.78 is 48.0. The molecule has 12 heterocycles. The molecular weight excluding hydrogens is 1840 g/mol. The molecule has 0 saturated carbocycles. The molecule has 0 fully saturated rings. The van der Waals surface area contributed by atoms with Gasteiger partial charge in [0.05, 0.1) is 145 Å². The first kappa shape index (κ1) is 80.9. The van der Waals surface area contributed by atoms with Crippen LogP contribution in [0.3, 0.4) is 0 Å². The van der Waals surface area contributed by atoms with Gasteiger partial charge in [0, 0.05) is 130 Å². The zero-order valence-electron chi connectivity index (χ0n) is 80.5. The van der Waals surface area contributed by atoms with Gasteiger partial charge in [-0.15, -0.1) is 0 Å². The van der Waals surface area contributed by atoms with Gasteiger partial charge in [-0.05, 0) is 183 Å². The molecule has 34 rings (SSSR count). The van der Waals surface area contributed by atoms with Gasteiger partial charge in [-0.2, -0.15) is 10.5 Å². The average Bonchev–Trinajstić information content (AvgIpc) is 1.51. The Labute approximate surface area is 850 Å². The lowest BCUT2D eigenvalue weighted by atomic mass is 9.98. The maximum Gasteiger partial charge on any atom is 0.145 e. The van der Waals surface area contributed by atoms with E-state index in [-0.39, 0.29) is 0 Å². The van der Waals surface area contributed by atoms with Crippen molar-refractivity contribution in [1.29, 1.82) is 10.5 Å². The summed E-state index contributed by atoms with van der Waals surface area (Å²) in [6, 6.07) is 159. The van der Waals surface area contributed by atoms with E-state index in [1.165, 1.54) is 0 Å². The first-order valence-electron chi connectivity index (χ1n) is 50.9. The number of fused-ring (bicyclic) bond motifs is 38. The van der Waals surface area contributed by atoms with Gasteiger partial charge in [0.2, 0.25) is 0 Å². The lowest BCUT2D eigenvalue weighted by molar-refractivity contribution is 0.669. The predicted octanol–water partition coefficient (Wildman–Crippen LogP) is 36.1. The Bertz CT molecular complexity index is 12100. The molecule has 0 atom stereocenters. The van der Waals surface area contributed by atoms with Gasteiger partial charge in [0.15, 0.2) is 0 Å². The van der Waals surface area contributed by atoms with E-state index in [1.807, 2.05) is 18.2 Å². The summed E-state index contributed by atoms with van der Waals surface area (Å²) in [5.41, 5.74) is 31.8. The zero-order valence-corrected chi connectivity index (χ0v) is 80.5. The van der Waals surface area contributed by atoms with E-state index in [0.717, 1.165) is 319 Å². The van der Waals surface area contributed by atoms with Gasteiger partial charge in [0.25, 0.3) is 0 Å². The Balaban J connectivity index is 0.698. The summed E-state index contributed by atoms with van der Waals surface area (Å²) in [6.45, 7) is 4.59. The highest BCUT2D eigenvalue weighted by molar-refractivity contribution is 6.29. The monoisotopic (exact) mass is 1910 g/mol. The summed E-state index contributed by atoms with van der Waals surface area (Å²) in [6.07, 6.45) is 0. The van der Waals surface area contributed by atoms with Crippen molar-refractivity contribution < 1.29 is 17.7 Å². The Morgan fingerprint density at radius 3 is 0.707 bits per heavy atom. The fraction of sp³-hybridized carbons (Fsp3) is 0.0147. The molecule has 14 heteroatoms.